The van der Waals surface area contributed by atoms with E-state index < -0.39 is 0 Å². The van der Waals surface area contributed by atoms with E-state index in [9.17, 15) is 0 Å². The van der Waals surface area contributed by atoms with Crippen molar-refractivity contribution >= 4 is 0 Å². The van der Waals surface area contributed by atoms with Crippen LogP contribution in [0.15, 0.2) is 0 Å². The van der Waals surface area contributed by atoms with E-state index in [1.807, 2.05) is 0 Å². The van der Waals surface area contributed by atoms with Crippen molar-refractivity contribution in [2.75, 3.05) is 19.6 Å². The molecule has 2 rings (SSSR count). The fourth-order valence-corrected chi connectivity index (χ4v) is 2.86. The molecule has 2 unspecified atom stereocenters. The lowest BCUT2D eigenvalue weighted by atomic mass is 10.0. The maximum atomic E-state index is 3.61. The first-order valence-corrected chi connectivity index (χ1v) is 5.89. The van der Waals surface area contributed by atoms with Crippen LogP contribution < -0.4 is 5.32 Å². The molecule has 0 amide bonds. The number of hydrogen-bond donors (Lipinski definition) is 1. The Hall–Kier alpha value is -0.0800. The third-order valence-electron chi connectivity index (χ3n) is 3.61. The first kappa shape index (κ1) is 9.47. The van der Waals surface area contributed by atoms with Crippen LogP contribution in [0.3, 0.4) is 0 Å². The van der Waals surface area contributed by atoms with Gasteiger partial charge in [0.15, 0.2) is 0 Å². The Bertz CT molecular complexity index is 152. The second-order valence-electron chi connectivity index (χ2n) is 4.42. The van der Waals surface area contributed by atoms with E-state index in [0.717, 1.165) is 12.1 Å². The molecule has 2 aliphatic heterocycles. The van der Waals surface area contributed by atoms with E-state index in [4.69, 9.17) is 0 Å². The fraction of sp³-hybridized carbons (Fsp3) is 1.00. The lowest BCUT2D eigenvalue weighted by molar-refractivity contribution is 0.149. The zero-order valence-corrected chi connectivity index (χ0v) is 8.76. The Labute approximate surface area is 81.7 Å². The molecule has 2 aliphatic rings. The monoisotopic (exact) mass is 182 g/mol. The molecule has 1 N–H and O–H groups in total. The maximum absolute atomic E-state index is 3.61. The van der Waals surface area contributed by atoms with Gasteiger partial charge in [-0.3, -0.25) is 4.90 Å². The minimum absolute atomic E-state index is 0.776. The third kappa shape index (κ3) is 2.05. The van der Waals surface area contributed by atoms with Gasteiger partial charge in [0.05, 0.1) is 0 Å². The van der Waals surface area contributed by atoms with Crippen molar-refractivity contribution < 1.29 is 0 Å². The summed E-state index contributed by atoms with van der Waals surface area (Å²) in [7, 11) is 0. The van der Waals surface area contributed by atoms with Crippen LogP contribution in [0.25, 0.3) is 0 Å². The quantitative estimate of drug-likeness (QED) is 0.698. The molecule has 0 aromatic heterocycles. The molecule has 0 spiro atoms. The normalized spacial score (nSPS) is 36.7. The summed E-state index contributed by atoms with van der Waals surface area (Å²) < 4.78 is 0. The molecular weight excluding hydrogens is 160 g/mol. The van der Waals surface area contributed by atoms with Gasteiger partial charge in [-0.15, -0.1) is 0 Å². The second-order valence-corrected chi connectivity index (χ2v) is 4.42. The standard InChI is InChI=1S/C11H22N2/c1-2-10-11(6-7-12-10)13-8-4-3-5-9-13/h10-12H,2-9H2,1H3. The molecule has 0 bridgehead atoms. The molecule has 0 aliphatic carbocycles. The number of piperidine rings is 1. The Morgan fingerprint density at radius 1 is 1.23 bits per heavy atom. The van der Waals surface area contributed by atoms with Crippen molar-refractivity contribution in [1.29, 1.82) is 0 Å². The van der Waals surface area contributed by atoms with Gasteiger partial charge >= 0.3 is 0 Å². The molecule has 2 atom stereocenters. The van der Waals surface area contributed by atoms with E-state index in [1.165, 1.54) is 51.7 Å². The van der Waals surface area contributed by atoms with Crippen LogP contribution in [0.1, 0.15) is 39.0 Å². The predicted octanol–water partition coefficient (Wildman–Crippen LogP) is 1.61. The Balaban J connectivity index is 1.90. The van der Waals surface area contributed by atoms with E-state index in [1.54, 1.807) is 0 Å². The molecule has 2 saturated heterocycles. The largest absolute Gasteiger partial charge is 0.312 e. The topological polar surface area (TPSA) is 15.3 Å². The average molecular weight is 182 g/mol. The van der Waals surface area contributed by atoms with Gasteiger partial charge in [-0.05, 0) is 45.3 Å². The van der Waals surface area contributed by atoms with Crippen molar-refractivity contribution in [1.82, 2.24) is 10.2 Å². The van der Waals surface area contributed by atoms with Crippen LogP contribution in [-0.2, 0) is 0 Å². The minimum atomic E-state index is 0.776. The summed E-state index contributed by atoms with van der Waals surface area (Å²) in [6, 6.07) is 1.63. The molecule has 0 radical (unpaired) electrons. The van der Waals surface area contributed by atoms with Crippen molar-refractivity contribution in [3.05, 3.63) is 0 Å². The van der Waals surface area contributed by atoms with Gasteiger partial charge in [0.25, 0.3) is 0 Å². The Morgan fingerprint density at radius 2 is 2.00 bits per heavy atom. The lowest BCUT2D eigenvalue weighted by Crippen LogP contribution is -2.45. The average Bonchev–Trinajstić information content (AvgIpc) is 2.67. The summed E-state index contributed by atoms with van der Waals surface area (Å²) in [6.45, 7) is 6.24. The Kier molecular flexibility index (Phi) is 3.23. The van der Waals surface area contributed by atoms with Gasteiger partial charge in [0.1, 0.15) is 0 Å². The highest BCUT2D eigenvalue weighted by Crippen LogP contribution is 2.21. The van der Waals surface area contributed by atoms with Crippen molar-refractivity contribution in [3.8, 4) is 0 Å². The van der Waals surface area contributed by atoms with Crippen LogP contribution in [0.4, 0.5) is 0 Å². The van der Waals surface area contributed by atoms with Crippen molar-refractivity contribution in [2.45, 2.75) is 51.1 Å². The Morgan fingerprint density at radius 3 is 2.69 bits per heavy atom. The third-order valence-corrected chi connectivity index (χ3v) is 3.61. The molecule has 0 saturated carbocycles. The van der Waals surface area contributed by atoms with Gasteiger partial charge in [-0.2, -0.15) is 0 Å². The summed E-state index contributed by atoms with van der Waals surface area (Å²) in [6.07, 6.45) is 6.97. The van der Waals surface area contributed by atoms with Crippen LogP contribution >= 0.6 is 0 Å². The van der Waals surface area contributed by atoms with Crippen LogP contribution in [0, 0.1) is 0 Å². The van der Waals surface area contributed by atoms with E-state index in [0.29, 0.717) is 0 Å². The number of nitrogens with one attached hydrogen (secondary N) is 1. The van der Waals surface area contributed by atoms with Crippen LogP contribution in [0.5, 0.6) is 0 Å². The van der Waals surface area contributed by atoms with Crippen molar-refractivity contribution in [3.63, 3.8) is 0 Å². The summed E-state index contributed by atoms with van der Waals surface area (Å²) in [5.41, 5.74) is 0. The molecule has 13 heavy (non-hydrogen) atoms. The molecule has 76 valence electrons. The number of nitrogens with zero attached hydrogens (tertiary/aromatic N) is 1. The highest BCUT2D eigenvalue weighted by molar-refractivity contribution is 4.90. The van der Waals surface area contributed by atoms with E-state index in [-0.39, 0.29) is 0 Å². The van der Waals surface area contributed by atoms with Gasteiger partial charge in [-0.25, -0.2) is 0 Å². The molecule has 2 heterocycles. The van der Waals surface area contributed by atoms with Gasteiger partial charge in [-0.1, -0.05) is 13.3 Å². The number of rotatable bonds is 2. The SMILES string of the molecule is CCC1NCCC1N1CCCCC1. The highest BCUT2D eigenvalue weighted by Gasteiger charge is 2.30. The number of likely N-dealkylation sites (tertiary alicyclic amines) is 1. The van der Waals surface area contributed by atoms with Gasteiger partial charge in [0, 0.05) is 12.1 Å². The molecule has 2 fully saturated rings. The molecule has 2 nitrogen and oxygen atoms in total. The zero-order valence-electron chi connectivity index (χ0n) is 8.76. The zero-order chi connectivity index (χ0) is 9.10. The van der Waals surface area contributed by atoms with E-state index >= 15 is 0 Å². The highest BCUT2D eigenvalue weighted by atomic mass is 15.2. The molecule has 2 heteroatoms. The first-order chi connectivity index (χ1) is 6.42. The first-order valence-electron chi connectivity index (χ1n) is 5.89. The lowest BCUT2D eigenvalue weighted by Gasteiger charge is -2.35. The summed E-state index contributed by atoms with van der Waals surface area (Å²) in [5.74, 6) is 0. The fourth-order valence-electron chi connectivity index (χ4n) is 2.86. The van der Waals surface area contributed by atoms with Gasteiger partial charge in [0.2, 0.25) is 0 Å². The summed E-state index contributed by atoms with van der Waals surface area (Å²) in [5, 5.41) is 3.61. The minimum Gasteiger partial charge on any atom is -0.312 e. The summed E-state index contributed by atoms with van der Waals surface area (Å²) in [4.78, 5) is 2.72. The van der Waals surface area contributed by atoms with E-state index in [2.05, 4.69) is 17.1 Å². The molecule has 0 aromatic rings. The van der Waals surface area contributed by atoms with Gasteiger partial charge < -0.3 is 5.32 Å². The predicted molar refractivity (Wildman–Crippen MR) is 55.9 cm³/mol. The summed E-state index contributed by atoms with van der Waals surface area (Å²) >= 11 is 0. The maximum Gasteiger partial charge on any atom is 0.0261 e. The molecule has 0 aromatic carbocycles. The van der Waals surface area contributed by atoms with Crippen LogP contribution in [0.2, 0.25) is 0 Å². The second kappa shape index (κ2) is 4.43. The van der Waals surface area contributed by atoms with Crippen LogP contribution in [-0.4, -0.2) is 36.6 Å². The molecular formula is C11H22N2. The van der Waals surface area contributed by atoms with Crippen molar-refractivity contribution in [2.24, 2.45) is 0 Å². The number of hydrogen-bond acceptors (Lipinski definition) is 2. The smallest absolute Gasteiger partial charge is 0.0261 e.